The molecule has 2 aliphatic heterocycles. The van der Waals surface area contributed by atoms with Crippen molar-refractivity contribution in [2.75, 3.05) is 19.8 Å². The highest BCUT2D eigenvalue weighted by molar-refractivity contribution is 5.88. The molecular weight excluding hydrogens is 460 g/mol. The number of aromatic amines is 1. The van der Waals surface area contributed by atoms with Crippen LogP contribution in [0, 0.1) is 6.92 Å². The lowest BCUT2D eigenvalue weighted by atomic mass is 9.95. The van der Waals surface area contributed by atoms with Gasteiger partial charge in [-0.15, -0.1) is 0 Å². The number of aryl methyl sites for hydroxylation is 3. The minimum Gasteiger partial charge on any atom is -0.486 e. The highest BCUT2D eigenvalue weighted by atomic mass is 16.7. The van der Waals surface area contributed by atoms with Crippen LogP contribution in [-0.4, -0.2) is 85.9 Å². The van der Waals surface area contributed by atoms with Crippen molar-refractivity contribution in [3.63, 3.8) is 0 Å². The van der Waals surface area contributed by atoms with Gasteiger partial charge in [-0.2, -0.15) is 5.10 Å². The van der Waals surface area contributed by atoms with Gasteiger partial charge in [0.2, 0.25) is 6.29 Å². The molecule has 1 fully saturated rings. The van der Waals surface area contributed by atoms with E-state index in [2.05, 4.69) is 10.2 Å². The molecule has 0 spiro atoms. The zero-order valence-electron chi connectivity index (χ0n) is 19.0. The number of aliphatic hydroxyl groups excluding tert-OH is 4. The quantitative estimate of drug-likeness (QED) is 0.259. The summed E-state index contributed by atoms with van der Waals surface area (Å²) in [5.74, 6) is -1.13. The second-order valence-corrected chi connectivity index (χ2v) is 8.84. The Hall–Kier alpha value is -2.93. The van der Waals surface area contributed by atoms with Crippen LogP contribution in [0.3, 0.4) is 0 Å². The lowest BCUT2D eigenvalue weighted by Crippen LogP contribution is -2.69. The predicted octanol–water partition coefficient (Wildman–Crippen LogP) is -0.0736. The number of benzene rings is 2. The predicted molar refractivity (Wildman–Crippen MR) is 121 cm³/mol. The molecule has 0 aliphatic carbocycles. The summed E-state index contributed by atoms with van der Waals surface area (Å²) in [5, 5.41) is 59.3. The third kappa shape index (κ3) is 4.31. The van der Waals surface area contributed by atoms with Crippen LogP contribution in [0.1, 0.15) is 16.8 Å². The van der Waals surface area contributed by atoms with Gasteiger partial charge in [0.1, 0.15) is 31.2 Å². The van der Waals surface area contributed by atoms with E-state index in [0.717, 1.165) is 11.1 Å². The van der Waals surface area contributed by atoms with Crippen molar-refractivity contribution in [1.29, 1.82) is 0 Å². The standard InChI is InChI=1S/C24H28N2O9/c1-12-8-15-20(18(9-12)35-24(31)22(29)21(28)19(11-27)34-23(24)30)14(25-26-15)4-2-13-3-5-16-17(10-13)33-7-6-32-16/h3,5,8-10,19,21-23,27-31H,2,4,6-7,11H2,1H3,(H,25,26)/t19-,21-,22+,23-,24+/m1/s1. The van der Waals surface area contributed by atoms with Crippen LogP contribution >= 0.6 is 0 Å². The molecule has 3 aromatic rings. The fraction of sp³-hybridized carbons (Fsp3) is 0.458. The maximum Gasteiger partial charge on any atom is 0.288 e. The number of hydrogen-bond acceptors (Lipinski definition) is 10. The van der Waals surface area contributed by atoms with Crippen molar-refractivity contribution in [3.8, 4) is 17.2 Å². The molecule has 0 amide bonds. The number of fused-ring (bicyclic) bond motifs is 2. The summed E-state index contributed by atoms with van der Waals surface area (Å²) < 4.78 is 22.1. The molecule has 5 rings (SSSR count). The minimum absolute atomic E-state index is 0.143. The molecule has 0 saturated carbocycles. The first-order chi connectivity index (χ1) is 16.8. The van der Waals surface area contributed by atoms with E-state index < -0.39 is 37.0 Å². The van der Waals surface area contributed by atoms with Gasteiger partial charge in [0.05, 0.1) is 17.5 Å². The van der Waals surface area contributed by atoms with Crippen LogP contribution in [0.15, 0.2) is 30.3 Å². The molecule has 0 unspecified atom stereocenters. The maximum atomic E-state index is 11.0. The zero-order chi connectivity index (χ0) is 24.7. The summed E-state index contributed by atoms with van der Waals surface area (Å²) in [6, 6.07) is 9.23. The van der Waals surface area contributed by atoms with E-state index in [9.17, 15) is 25.5 Å². The van der Waals surface area contributed by atoms with Crippen LogP contribution in [-0.2, 0) is 17.6 Å². The molecule has 1 aromatic heterocycles. The Kier molecular flexibility index (Phi) is 6.30. The first-order valence-electron chi connectivity index (χ1n) is 11.4. The number of rotatable bonds is 6. The molecule has 0 radical (unpaired) electrons. The average molecular weight is 488 g/mol. The lowest BCUT2D eigenvalue weighted by molar-refractivity contribution is -0.385. The van der Waals surface area contributed by atoms with Gasteiger partial charge in [0.15, 0.2) is 17.6 Å². The fourth-order valence-electron chi connectivity index (χ4n) is 4.46. The van der Waals surface area contributed by atoms with E-state index >= 15 is 0 Å². The molecule has 2 aliphatic rings. The number of nitrogens with zero attached hydrogens (tertiary/aromatic N) is 1. The zero-order valence-corrected chi connectivity index (χ0v) is 19.0. The number of nitrogens with one attached hydrogen (secondary N) is 1. The molecule has 2 aromatic carbocycles. The van der Waals surface area contributed by atoms with Crippen molar-refractivity contribution in [2.45, 2.75) is 50.2 Å². The van der Waals surface area contributed by atoms with Gasteiger partial charge >= 0.3 is 0 Å². The van der Waals surface area contributed by atoms with Crippen molar-refractivity contribution >= 4 is 10.9 Å². The maximum absolute atomic E-state index is 11.0. The molecule has 35 heavy (non-hydrogen) atoms. The van der Waals surface area contributed by atoms with Gasteiger partial charge in [0.25, 0.3) is 5.79 Å². The van der Waals surface area contributed by atoms with E-state index in [0.29, 0.717) is 54.2 Å². The van der Waals surface area contributed by atoms with E-state index in [1.165, 1.54) is 0 Å². The minimum atomic E-state index is -2.68. The second kappa shape index (κ2) is 9.26. The van der Waals surface area contributed by atoms with Gasteiger partial charge in [-0.25, -0.2) is 0 Å². The lowest BCUT2D eigenvalue weighted by Gasteiger charge is -2.45. The number of aromatic nitrogens is 2. The second-order valence-electron chi connectivity index (χ2n) is 8.84. The van der Waals surface area contributed by atoms with E-state index in [4.69, 9.17) is 18.9 Å². The summed E-state index contributed by atoms with van der Waals surface area (Å²) in [5.41, 5.74) is 3.06. The van der Waals surface area contributed by atoms with Crippen LogP contribution < -0.4 is 14.2 Å². The summed E-state index contributed by atoms with van der Waals surface area (Å²) in [7, 11) is 0. The van der Waals surface area contributed by atoms with Crippen molar-refractivity contribution < 1.29 is 44.5 Å². The Labute approximate surface area is 200 Å². The topological polar surface area (TPSA) is 167 Å². The smallest absolute Gasteiger partial charge is 0.288 e. The average Bonchev–Trinajstić information content (AvgIpc) is 3.26. The third-order valence-electron chi connectivity index (χ3n) is 6.35. The van der Waals surface area contributed by atoms with Crippen molar-refractivity contribution in [1.82, 2.24) is 10.2 Å². The van der Waals surface area contributed by atoms with E-state index in [-0.39, 0.29) is 5.75 Å². The molecular formula is C24H28N2O9. The molecule has 6 N–H and O–H groups in total. The van der Waals surface area contributed by atoms with Crippen LogP contribution in [0.5, 0.6) is 17.2 Å². The first kappa shape index (κ1) is 23.8. The number of hydrogen-bond donors (Lipinski definition) is 6. The molecule has 188 valence electrons. The van der Waals surface area contributed by atoms with Gasteiger partial charge in [0, 0.05) is 5.69 Å². The summed E-state index contributed by atoms with van der Waals surface area (Å²) in [6.45, 7) is 2.17. The summed E-state index contributed by atoms with van der Waals surface area (Å²) in [4.78, 5) is 0. The Morgan fingerprint density at radius 1 is 1.09 bits per heavy atom. The Morgan fingerprint density at radius 3 is 2.63 bits per heavy atom. The van der Waals surface area contributed by atoms with Gasteiger partial charge < -0.3 is 44.5 Å². The van der Waals surface area contributed by atoms with Crippen LogP contribution in [0.4, 0.5) is 0 Å². The molecule has 5 atom stereocenters. The Morgan fingerprint density at radius 2 is 1.86 bits per heavy atom. The monoisotopic (exact) mass is 488 g/mol. The number of ether oxygens (including phenoxy) is 4. The van der Waals surface area contributed by atoms with Crippen LogP contribution in [0.2, 0.25) is 0 Å². The summed E-state index contributed by atoms with van der Waals surface area (Å²) in [6.07, 6.45) is -5.78. The normalized spacial score (nSPS) is 28.3. The van der Waals surface area contributed by atoms with E-state index in [1.54, 1.807) is 13.0 Å². The Balaban J connectivity index is 1.43. The molecule has 11 heteroatoms. The molecule has 11 nitrogen and oxygen atoms in total. The highest BCUT2D eigenvalue weighted by Gasteiger charge is 2.57. The first-order valence-corrected chi connectivity index (χ1v) is 11.4. The van der Waals surface area contributed by atoms with Gasteiger partial charge in [-0.3, -0.25) is 5.10 Å². The number of aliphatic hydroxyl groups is 5. The fourth-order valence-corrected chi connectivity index (χ4v) is 4.46. The van der Waals surface area contributed by atoms with Gasteiger partial charge in [-0.05, 0) is 55.2 Å². The SMILES string of the molecule is Cc1cc(O[C@]2(O)[C@H](O)O[C@H](CO)[C@@H](O)[C@@H]2O)c2c(CCc3ccc4c(c3)OCCO4)[nH]nc2c1. The largest absolute Gasteiger partial charge is 0.486 e. The van der Waals surface area contributed by atoms with Crippen LogP contribution in [0.25, 0.3) is 10.9 Å². The molecule has 3 heterocycles. The molecule has 1 saturated heterocycles. The van der Waals surface area contributed by atoms with Gasteiger partial charge in [-0.1, -0.05) is 6.07 Å². The van der Waals surface area contributed by atoms with Crippen molar-refractivity contribution in [3.05, 3.63) is 47.2 Å². The highest BCUT2D eigenvalue weighted by Crippen LogP contribution is 2.37. The Bertz CT molecular complexity index is 1220. The number of H-pyrrole nitrogens is 1. The van der Waals surface area contributed by atoms with Crippen molar-refractivity contribution in [2.24, 2.45) is 0 Å². The third-order valence-corrected chi connectivity index (χ3v) is 6.35. The van der Waals surface area contributed by atoms with E-state index in [1.807, 2.05) is 24.3 Å². The molecule has 0 bridgehead atoms. The summed E-state index contributed by atoms with van der Waals surface area (Å²) >= 11 is 0.